The quantitative estimate of drug-likeness (QED) is 0.837. The first-order chi connectivity index (χ1) is 12.8. The second-order valence-electron chi connectivity index (χ2n) is 7.63. The van der Waals surface area contributed by atoms with Crippen LogP contribution in [0.25, 0.3) is 0 Å². The van der Waals surface area contributed by atoms with Gasteiger partial charge in [-0.05, 0) is 50.2 Å². The molecule has 3 heterocycles. The number of nitrogens with zero attached hydrogens (tertiary/aromatic N) is 4. The Labute approximate surface area is 154 Å². The summed E-state index contributed by atoms with van der Waals surface area (Å²) in [6.07, 6.45) is 8.15. The number of aryl methyl sites for hydroxylation is 1. The molecule has 1 unspecified atom stereocenters. The zero-order valence-electron chi connectivity index (χ0n) is 15.0. The Hall–Kier alpha value is -2.43. The van der Waals surface area contributed by atoms with E-state index in [0.717, 1.165) is 56.8 Å². The molecule has 1 saturated heterocycles. The molecule has 2 aliphatic heterocycles. The van der Waals surface area contributed by atoms with Gasteiger partial charge >= 0.3 is 0 Å². The first-order valence-corrected chi connectivity index (χ1v) is 9.78. The molecule has 5 heteroatoms. The van der Waals surface area contributed by atoms with Crippen molar-refractivity contribution in [2.24, 2.45) is 5.92 Å². The highest BCUT2D eigenvalue weighted by atomic mass is 16.2. The second-order valence-corrected chi connectivity index (χ2v) is 7.63. The van der Waals surface area contributed by atoms with Crippen LogP contribution in [-0.2, 0) is 24.1 Å². The summed E-state index contributed by atoms with van der Waals surface area (Å²) >= 11 is 0. The summed E-state index contributed by atoms with van der Waals surface area (Å²) in [5.74, 6) is 1.42. The maximum Gasteiger partial charge on any atom is 0.231 e. The predicted octanol–water partition coefficient (Wildman–Crippen LogP) is 2.77. The van der Waals surface area contributed by atoms with Gasteiger partial charge in [0.15, 0.2) is 0 Å². The first kappa shape index (κ1) is 15.8. The minimum atomic E-state index is 0.0651. The van der Waals surface area contributed by atoms with Gasteiger partial charge in [0.2, 0.25) is 5.91 Å². The van der Waals surface area contributed by atoms with Crippen LogP contribution in [0, 0.1) is 5.92 Å². The van der Waals surface area contributed by atoms with Crippen molar-refractivity contribution < 1.29 is 4.79 Å². The van der Waals surface area contributed by atoms with E-state index in [1.165, 1.54) is 29.7 Å². The van der Waals surface area contributed by atoms with Crippen molar-refractivity contribution in [1.82, 2.24) is 9.97 Å². The third kappa shape index (κ3) is 2.57. The average Bonchev–Trinajstić information content (AvgIpc) is 3.34. The maximum absolute atomic E-state index is 13.1. The summed E-state index contributed by atoms with van der Waals surface area (Å²) in [7, 11) is 0. The number of benzene rings is 1. The molecule has 5 rings (SSSR count). The SMILES string of the molecule is O=C(C1CCN(c2ncnc3c2CCCC3)C1)N1CCc2ccccc21. The molecule has 1 amide bonds. The average molecular weight is 348 g/mol. The highest BCUT2D eigenvalue weighted by Crippen LogP contribution is 2.33. The molecule has 134 valence electrons. The van der Waals surface area contributed by atoms with Gasteiger partial charge in [0.25, 0.3) is 0 Å². The van der Waals surface area contributed by atoms with Crippen LogP contribution in [0.2, 0.25) is 0 Å². The van der Waals surface area contributed by atoms with E-state index in [9.17, 15) is 4.79 Å². The number of carbonyl (C=O) groups excluding carboxylic acids is 1. The van der Waals surface area contributed by atoms with E-state index < -0.39 is 0 Å². The molecule has 0 saturated carbocycles. The molecule has 1 aromatic carbocycles. The van der Waals surface area contributed by atoms with Gasteiger partial charge in [0, 0.05) is 36.6 Å². The van der Waals surface area contributed by atoms with Crippen LogP contribution < -0.4 is 9.80 Å². The number of anilines is 2. The van der Waals surface area contributed by atoms with E-state index in [0.29, 0.717) is 0 Å². The van der Waals surface area contributed by atoms with Crippen molar-refractivity contribution >= 4 is 17.4 Å². The molecule has 1 atom stereocenters. The highest BCUT2D eigenvalue weighted by Gasteiger charge is 2.35. The van der Waals surface area contributed by atoms with E-state index in [1.807, 2.05) is 11.0 Å². The molecular weight excluding hydrogens is 324 g/mol. The minimum absolute atomic E-state index is 0.0651. The molecule has 0 N–H and O–H groups in total. The Bertz CT molecular complexity index is 850. The Balaban J connectivity index is 1.35. The van der Waals surface area contributed by atoms with Crippen LogP contribution in [0.5, 0.6) is 0 Å². The third-order valence-corrected chi connectivity index (χ3v) is 6.09. The Morgan fingerprint density at radius 2 is 1.92 bits per heavy atom. The monoisotopic (exact) mass is 348 g/mol. The molecule has 26 heavy (non-hydrogen) atoms. The number of amides is 1. The zero-order chi connectivity index (χ0) is 17.5. The largest absolute Gasteiger partial charge is 0.355 e. The smallest absolute Gasteiger partial charge is 0.231 e. The van der Waals surface area contributed by atoms with Crippen LogP contribution in [0.3, 0.4) is 0 Å². The van der Waals surface area contributed by atoms with Gasteiger partial charge in [-0.3, -0.25) is 4.79 Å². The number of carbonyl (C=O) groups is 1. The van der Waals surface area contributed by atoms with Crippen molar-refractivity contribution in [1.29, 1.82) is 0 Å². The van der Waals surface area contributed by atoms with Gasteiger partial charge in [-0.25, -0.2) is 9.97 Å². The fourth-order valence-corrected chi connectivity index (χ4v) is 4.72. The molecule has 3 aliphatic rings. The molecule has 0 bridgehead atoms. The maximum atomic E-state index is 13.1. The van der Waals surface area contributed by atoms with E-state index >= 15 is 0 Å². The molecule has 1 fully saturated rings. The Morgan fingerprint density at radius 1 is 1.04 bits per heavy atom. The minimum Gasteiger partial charge on any atom is -0.355 e. The number of hydrogen-bond donors (Lipinski definition) is 0. The highest BCUT2D eigenvalue weighted by molar-refractivity contribution is 5.97. The van der Waals surface area contributed by atoms with Crippen molar-refractivity contribution in [3.05, 3.63) is 47.4 Å². The number of hydrogen-bond acceptors (Lipinski definition) is 4. The molecule has 1 aromatic heterocycles. The standard InChI is InChI=1S/C21H24N4O/c26-21(25-12-10-15-5-1-4-8-19(15)25)16-9-11-24(13-16)20-17-6-2-3-7-18(17)22-14-23-20/h1,4-5,8,14,16H,2-3,6-7,9-13H2. The van der Waals surface area contributed by atoms with Crippen LogP contribution >= 0.6 is 0 Å². The van der Waals surface area contributed by atoms with Gasteiger partial charge in [0.1, 0.15) is 12.1 Å². The topological polar surface area (TPSA) is 49.3 Å². The second kappa shape index (κ2) is 6.38. The molecule has 2 aromatic rings. The van der Waals surface area contributed by atoms with Crippen molar-refractivity contribution in [2.45, 2.75) is 38.5 Å². The predicted molar refractivity (Wildman–Crippen MR) is 101 cm³/mol. The number of fused-ring (bicyclic) bond motifs is 2. The Kier molecular flexibility index (Phi) is 3.88. The normalized spacial score (nSPS) is 21.6. The number of rotatable bonds is 2. The fourth-order valence-electron chi connectivity index (χ4n) is 4.72. The molecule has 5 nitrogen and oxygen atoms in total. The van der Waals surface area contributed by atoms with E-state index in [2.05, 4.69) is 33.1 Å². The third-order valence-electron chi connectivity index (χ3n) is 6.09. The van der Waals surface area contributed by atoms with Crippen LogP contribution in [0.15, 0.2) is 30.6 Å². The Morgan fingerprint density at radius 3 is 2.88 bits per heavy atom. The first-order valence-electron chi connectivity index (χ1n) is 9.78. The van der Waals surface area contributed by atoms with E-state index in [4.69, 9.17) is 0 Å². The van der Waals surface area contributed by atoms with Gasteiger partial charge < -0.3 is 9.80 Å². The van der Waals surface area contributed by atoms with Crippen molar-refractivity contribution in [2.75, 3.05) is 29.4 Å². The van der Waals surface area contributed by atoms with Crippen LogP contribution in [-0.4, -0.2) is 35.5 Å². The summed E-state index contributed by atoms with van der Waals surface area (Å²) < 4.78 is 0. The van der Waals surface area contributed by atoms with Crippen LogP contribution in [0.4, 0.5) is 11.5 Å². The lowest BCUT2D eigenvalue weighted by Crippen LogP contribution is -2.36. The molecule has 0 radical (unpaired) electrons. The summed E-state index contributed by atoms with van der Waals surface area (Å²) in [5, 5.41) is 0. The fraction of sp³-hybridized carbons (Fsp3) is 0.476. The van der Waals surface area contributed by atoms with Crippen molar-refractivity contribution in [3.8, 4) is 0 Å². The van der Waals surface area contributed by atoms with Gasteiger partial charge in [-0.2, -0.15) is 0 Å². The lowest BCUT2D eigenvalue weighted by atomic mass is 9.96. The van der Waals surface area contributed by atoms with Crippen LogP contribution in [0.1, 0.15) is 36.1 Å². The van der Waals surface area contributed by atoms with Crippen molar-refractivity contribution in [3.63, 3.8) is 0 Å². The number of para-hydroxylation sites is 1. The lowest BCUT2D eigenvalue weighted by Gasteiger charge is -2.25. The summed E-state index contributed by atoms with van der Waals surface area (Å²) in [6, 6.07) is 8.30. The molecular formula is C21H24N4O. The van der Waals surface area contributed by atoms with Gasteiger partial charge in [0.05, 0.1) is 5.92 Å². The van der Waals surface area contributed by atoms with Gasteiger partial charge in [-0.1, -0.05) is 18.2 Å². The molecule has 1 aliphatic carbocycles. The number of aromatic nitrogens is 2. The summed E-state index contributed by atoms with van der Waals surface area (Å²) in [4.78, 5) is 26.5. The summed E-state index contributed by atoms with van der Waals surface area (Å²) in [5.41, 5.74) is 4.93. The summed E-state index contributed by atoms with van der Waals surface area (Å²) in [6.45, 7) is 2.51. The lowest BCUT2D eigenvalue weighted by molar-refractivity contribution is -0.121. The van der Waals surface area contributed by atoms with Gasteiger partial charge in [-0.15, -0.1) is 0 Å². The zero-order valence-corrected chi connectivity index (χ0v) is 15.0. The van der Waals surface area contributed by atoms with E-state index in [-0.39, 0.29) is 11.8 Å². The molecule has 0 spiro atoms. The van der Waals surface area contributed by atoms with E-state index in [1.54, 1.807) is 6.33 Å².